The van der Waals surface area contributed by atoms with Gasteiger partial charge in [0, 0.05) is 13.1 Å². The number of fused-ring (bicyclic) bond motifs is 1. The molecule has 7 heteroatoms. The Hall–Kier alpha value is -1.95. The van der Waals surface area contributed by atoms with Crippen molar-refractivity contribution >= 4 is 23.5 Å². The number of tetrazole rings is 1. The summed E-state index contributed by atoms with van der Waals surface area (Å²) >= 11 is 6.14. The van der Waals surface area contributed by atoms with Gasteiger partial charge >= 0.3 is 0 Å². The highest BCUT2D eigenvalue weighted by Gasteiger charge is 2.27. The lowest BCUT2D eigenvalue weighted by Gasteiger charge is -2.25. The minimum Gasteiger partial charge on any atom is -0.275 e. The normalized spacial score (nSPS) is 14.3. The predicted octanol–water partition coefficient (Wildman–Crippen LogP) is 1.69. The van der Waals surface area contributed by atoms with Gasteiger partial charge in [0.15, 0.2) is 0 Å². The van der Waals surface area contributed by atoms with Crippen molar-refractivity contribution in [2.24, 2.45) is 0 Å². The zero-order valence-corrected chi connectivity index (χ0v) is 11.1. The first-order valence-corrected chi connectivity index (χ1v) is 6.39. The van der Waals surface area contributed by atoms with Crippen molar-refractivity contribution in [2.45, 2.75) is 19.9 Å². The number of rotatable bonds is 1. The second kappa shape index (κ2) is 4.62. The second-order valence-electron chi connectivity index (χ2n) is 4.50. The van der Waals surface area contributed by atoms with E-state index in [0.717, 1.165) is 18.5 Å². The van der Waals surface area contributed by atoms with Gasteiger partial charge in [0.1, 0.15) is 0 Å². The van der Waals surface area contributed by atoms with Gasteiger partial charge in [-0.2, -0.15) is 0 Å². The van der Waals surface area contributed by atoms with Crippen LogP contribution in [0.3, 0.4) is 0 Å². The van der Waals surface area contributed by atoms with Crippen molar-refractivity contribution in [1.29, 1.82) is 0 Å². The third-order valence-corrected chi connectivity index (χ3v) is 3.42. The quantitative estimate of drug-likeness (QED) is 0.796. The third-order valence-electron chi connectivity index (χ3n) is 3.11. The molecule has 0 aliphatic carbocycles. The van der Waals surface area contributed by atoms with Crippen molar-refractivity contribution in [3.8, 4) is 0 Å². The molecule has 1 amide bonds. The largest absolute Gasteiger partial charge is 0.275 e. The Morgan fingerprint density at radius 3 is 3.00 bits per heavy atom. The molecule has 0 fully saturated rings. The lowest BCUT2D eigenvalue weighted by Crippen LogP contribution is -2.38. The zero-order chi connectivity index (χ0) is 13.4. The lowest BCUT2D eigenvalue weighted by molar-refractivity contribution is 0.0980. The molecule has 19 heavy (non-hydrogen) atoms. The van der Waals surface area contributed by atoms with Gasteiger partial charge < -0.3 is 0 Å². The molecule has 1 aromatic carbocycles. The average molecular weight is 278 g/mol. The molecular formula is C12H12ClN5O. The molecule has 98 valence electrons. The number of carbonyl (C=O) groups excluding carboxylic acids is 1. The second-order valence-corrected chi connectivity index (χ2v) is 4.90. The molecule has 0 unspecified atom stereocenters. The van der Waals surface area contributed by atoms with Crippen LogP contribution in [0.2, 0.25) is 5.02 Å². The van der Waals surface area contributed by atoms with E-state index < -0.39 is 0 Å². The SMILES string of the molecule is Cc1ccc(C(=O)N2CCCn3nnnc32)c(Cl)c1. The molecule has 0 radical (unpaired) electrons. The molecule has 2 aromatic rings. The van der Waals surface area contributed by atoms with Gasteiger partial charge in [-0.1, -0.05) is 22.8 Å². The van der Waals surface area contributed by atoms with Crippen molar-refractivity contribution in [1.82, 2.24) is 20.2 Å². The predicted molar refractivity (Wildman–Crippen MR) is 70.3 cm³/mol. The van der Waals surface area contributed by atoms with Crippen LogP contribution in [-0.4, -0.2) is 32.7 Å². The Bertz CT molecular complexity index is 639. The van der Waals surface area contributed by atoms with Gasteiger partial charge in [0.05, 0.1) is 10.6 Å². The Labute approximate surface area is 115 Å². The van der Waals surface area contributed by atoms with Gasteiger partial charge in [-0.15, -0.1) is 0 Å². The summed E-state index contributed by atoms with van der Waals surface area (Å²) in [6.45, 7) is 3.26. The van der Waals surface area contributed by atoms with Gasteiger partial charge in [0.25, 0.3) is 11.9 Å². The summed E-state index contributed by atoms with van der Waals surface area (Å²) in [6, 6.07) is 5.39. The van der Waals surface area contributed by atoms with E-state index in [1.165, 1.54) is 0 Å². The minimum absolute atomic E-state index is 0.166. The van der Waals surface area contributed by atoms with Crippen LogP contribution < -0.4 is 4.90 Å². The number of aryl methyl sites for hydroxylation is 2. The first kappa shape index (κ1) is 12.1. The van der Waals surface area contributed by atoms with Crippen LogP contribution >= 0.6 is 11.6 Å². The van der Waals surface area contributed by atoms with Crippen molar-refractivity contribution in [3.05, 3.63) is 34.3 Å². The molecule has 0 bridgehead atoms. The average Bonchev–Trinajstić information content (AvgIpc) is 2.86. The highest BCUT2D eigenvalue weighted by molar-refractivity contribution is 6.34. The Balaban J connectivity index is 1.98. The van der Waals surface area contributed by atoms with Crippen LogP contribution in [0.5, 0.6) is 0 Å². The zero-order valence-electron chi connectivity index (χ0n) is 10.4. The van der Waals surface area contributed by atoms with Crippen LogP contribution in [0.25, 0.3) is 0 Å². The van der Waals surface area contributed by atoms with E-state index in [1.54, 1.807) is 21.7 Å². The van der Waals surface area contributed by atoms with Crippen molar-refractivity contribution < 1.29 is 4.79 Å². The molecule has 0 spiro atoms. The Morgan fingerprint density at radius 2 is 2.21 bits per heavy atom. The van der Waals surface area contributed by atoms with E-state index in [9.17, 15) is 4.79 Å². The Kier molecular flexibility index (Phi) is 2.94. The van der Waals surface area contributed by atoms with Gasteiger partial charge in [-0.3, -0.25) is 9.69 Å². The molecule has 0 saturated carbocycles. The van der Waals surface area contributed by atoms with Crippen molar-refractivity contribution in [3.63, 3.8) is 0 Å². The summed E-state index contributed by atoms with van der Waals surface area (Å²) in [7, 11) is 0. The third kappa shape index (κ3) is 2.08. The van der Waals surface area contributed by atoms with Crippen LogP contribution in [0.1, 0.15) is 22.3 Å². The van der Waals surface area contributed by atoms with Crippen LogP contribution in [-0.2, 0) is 6.54 Å². The number of anilines is 1. The molecule has 6 nitrogen and oxygen atoms in total. The van der Waals surface area contributed by atoms with Gasteiger partial charge in [-0.05, 0) is 41.5 Å². The summed E-state index contributed by atoms with van der Waals surface area (Å²) in [6.07, 6.45) is 0.827. The molecule has 0 N–H and O–H groups in total. The fourth-order valence-corrected chi connectivity index (χ4v) is 2.46. The number of halogens is 1. The minimum atomic E-state index is -0.166. The smallest absolute Gasteiger partial charge is 0.262 e. The maximum absolute atomic E-state index is 12.5. The molecule has 3 rings (SSSR count). The molecule has 1 aliphatic rings. The summed E-state index contributed by atoms with van der Waals surface area (Å²) in [5.41, 5.74) is 1.49. The highest BCUT2D eigenvalue weighted by Crippen LogP contribution is 2.23. The molecule has 1 aromatic heterocycles. The van der Waals surface area contributed by atoms with Crippen LogP contribution in [0, 0.1) is 6.92 Å². The van der Waals surface area contributed by atoms with Crippen LogP contribution in [0.4, 0.5) is 5.95 Å². The fraction of sp³-hybridized carbons (Fsp3) is 0.333. The van der Waals surface area contributed by atoms with E-state index in [2.05, 4.69) is 15.5 Å². The molecule has 2 heterocycles. The molecule has 0 saturated heterocycles. The fourth-order valence-electron chi connectivity index (χ4n) is 2.15. The maximum atomic E-state index is 12.5. The van der Waals surface area contributed by atoms with Gasteiger partial charge in [0.2, 0.25) is 0 Å². The molecule has 1 aliphatic heterocycles. The number of hydrogen-bond donors (Lipinski definition) is 0. The Morgan fingerprint density at radius 1 is 1.37 bits per heavy atom. The highest BCUT2D eigenvalue weighted by atomic mass is 35.5. The first-order valence-electron chi connectivity index (χ1n) is 6.01. The lowest BCUT2D eigenvalue weighted by atomic mass is 10.1. The van der Waals surface area contributed by atoms with E-state index >= 15 is 0 Å². The topological polar surface area (TPSA) is 63.9 Å². The number of carbonyl (C=O) groups is 1. The van der Waals surface area contributed by atoms with Gasteiger partial charge in [-0.25, -0.2) is 4.68 Å². The van der Waals surface area contributed by atoms with Crippen LogP contribution in [0.15, 0.2) is 18.2 Å². The number of nitrogens with zero attached hydrogens (tertiary/aromatic N) is 5. The molecular weight excluding hydrogens is 266 g/mol. The summed E-state index contributed by atoms with van der Waals surface area (Å²) in [4.78, 5) is 14.1. The van der Waals surface area contributed by atoms with E-state index in [1.807, 2.05) is 13.0 Å². The van der Waals surface area contributed by atoms with E-state index in [-0.39, 0.29) is 5.91 Å². The molecule has 0 atom stereocenters. The van der Waals surface area contributed by atoms with Crippen molar-refractivity contribution in [2.75, 3.05) is 11.4 Å². The maximum Gasteiger partial charge on any atom is 0.262 e. The van der Waals surface area contributed by atoms with E-state index in [4.69, 9.17) is 11.6 Å². The number of benzene rings is 1. The number of aromatic nitrogens is 4. The first-order chi connectivity index (χ1) is 9.16. The summed E-state index contributed by atoms with van der Waals surface area (Å²) in [5.74, 6) is 0.314. The standard InChI is InChI=1S/C12H12ClN5O/c1-8-3-4-9(10(13)7-8)11(19)17-5-2-6-18-12(17)14-15-16-18/h3-4,7H,2,5-6H2,1H3. The summed E-state index contributed by atoms with van der Waals surface area (Å²) in [5, 5.41) is 11.8. The monoisotopic (exact) mass is 277 g/mol. The number of hydrogen-bond acceptors (Lipinski definition) is 4. The number of amides is 1. The summed E-state index contributed by atoms with van der Waals surface area (Å²) < 4.78 is 1.63. The van der Waals surface area contributed by atoms with E-state index in [0.29, 0.717) is 23.1 Å².